The quantitative estimate of drug-likeness (QED) is 0.841. The number of nitrogens with one attached hydrogen (secondary N) is 1. The van der Waals surface area contributed by atoms with Crippen LogP contribution in [0.1, 0.15) is 5.56 Å². The van der Waals surface area contributed by atoms with Gasteiger partial charge in [0.25, 0.3) is 0 Å². The monoisotopic (exact) mass is 298 g/mol. The maximum Gasteiger partial charge on any atom is 0.135 e. The van der Waals surface area contributed by atoms with Crippen molar-refractivity contribution < 1.29 is 8.78 Å². The van der Waals surface area contributed by atoms with Crippen LogP contribution in [0.25, 0.3) is 0 Å². The van der Waals surface area contributed by atoms with Crippen LogP contribution in [0.5, 0.6) is 0 Å². The van der Waals surface area contributed by atoms with Crippen molar-refractivity contribution >= 4 is 40.2 Å². The first-order valence-electron chi connectivity index (χ1n) is 5.29. The topological polar surface area (TPSA) is 38.0 Å². The Balaban J connectivity index is 2.43. The van der Waals surface area contributed by atoms with Crippen molar-refractivity contribution in [3.05, 3.63) is 58.6 Å². The highest BCUT2D eigenvalue weighted by atomic mass is 35.5. The summed E-state index contributed by atoms with van der Waals surface area (Å²) in [6, 6.07) is 8.26. The maximum absolute atomic E-state index is 13.7. The second-order valence-electron chi connectivity index (χ2n) is 3.81. The van der Waals surface area contributed by atoms with Gasteiger partial charge in [0.15, 0.2) is 0 Å². The van der Waals surface area contributed by atoms with E-state index < -0.39 is 11.6 Å². The lowest BCUT2D eigenvalue weighted by Gasteiger charge is -2.12. The smallest absolute Gasteiger partial charge is 0.135 e. The summed E-state index contributed by atoms with van der Waals surface area (Å²) < 4.78 is 26.9. The van der Waals surface area contributed by atoms with Crippen LogP contribution in [0.2, 0.25) is 5.02 Å². The molecule has 0 saturated heterocycles. The molecule has 2 aromatic carbocycles. The molecular formula is C13H9ClF2N2S. The fourth-order valence-electron chi connectivity index (χ4n) is 1.66. The summed E-state index contributed by atoms with van der Waals surface area (Å²) in [6.45, 7) is 0. The molecule has 0 spiro atoms. The van der Waals surface area contributed by atoms with Gasteiger partial charge in [0, 0.05) is 10.7 Å². The van der Waals surface area contributed by atoms with Gasteiger partial charge in [-0.25, -0.2) is 8.78 Å². The van der Waals surface area contributed by atoms with Crippen LogP contribution in [0, 0.1) is 11.6 Å². The predicted octanol–water partition coefficient (Wildman–Crippen LogP) is 4.00. The normalized spacial score (nSPS) is 10.3. The average Bonchev–Trinajstić information content (AvgIpc) is 2.26. The van der Waals surface area contributed by atoms with Crippen molar-refractivity contribution in [3.8, 4) is 0 Å². The molecule has 0 atom stereocenters. The second kappa shape index (κ2) is 5.50. The molecule has 3 N–H and O–H groups in total. The molecule has 98 valence electrons. The molecule has 0 aliphatic rings. The zero-order valence-corrected chi connectivity index (χ0v) is 11.2. The third kappa shape index (κ3) is 3.19. The molecule has 0 aromatic heterocycles. The summed E-state index contributed by atoms with van der Waals surface area (Å²) >= 11 is 10.5. The van der Waals surface area contributed by atoms with Crippen molar-refractivity contribution in [2.24, 2.45) is 5.73 Å². The Morgan fingerprint density at radius 2 is 1.95 bits per heavy atom. The summed E-state index contributed by atoms with van der Waals surface area (Å²) in [5, 5.41) is 3.08. The molecule has 0 fully saturated rings. The molecule has 0 heterocycles. The first-order chi connectivity index (χ1) is 8.97. The molecule has 0 saturated carbocycles. The van der Waals surface area contributed by atoms with E-state index >= 15 is 0 Å². The molecule has 2 nitrogen and oxygen atoms in total. The Hall–Kier alpha value is -1.72. The largest absolute Gasteiger partial charge is 0.389 e. The fourth-order valence-corrected chi connectivity index (χ4v) is 2.09. The van der Waals surface area contributed by atoms with Crippen molar-refractivity contribution in [1.29, 1.82) is 0 Å². The maximum atomic E-state index is 13.7. The molecule has 6 heteroatoms. The highest BCUT2D eigenvalue weighted by Crippen LogP contribution is 2.25. The van der Waals surface area contributed by atoms with Crippen LogP contribution in [0.4, 0.5) is 20.2 Å². The molecular weight excluding hydrogens is 290 g/mol. The summed E-state index contributed by atoms with van der Waals surface area (Å²) in [6.07, 6.45) is 0. The van der Waals surface area contributed by atoms with Gasteiger partial charge in [0.1, 0.15) is 16.6 Å². The standard InChI is InChI=1S/C13H9ClF2N2S/c14-7-4-8(15)6-9(5-7)18-11-3-1-2-10(16)12(11)13(17)19/h1-6,18H,(H2,17,19). The molecule has 19 heavy (non-hydrogen) atoms. The molecule has 0 unspecified atom stereocenters. The Bertz CT molecular complexity index is 626. The second-order valence-corrected chi connectivity index (χ2v) is 4.69. The van der Waals surface area contributed by atoms with Gasteiger partial charge in [0.2, 0.25) is 0 Å². The molecule has 0 radical (unpaired) electrons. The number of anilines is 2. The number of halogens is 3. The summed E-state index contributed by atoms with van der Waals surface area (Å²) in [7, 11) is 0. The van der Waals surface area contributed by atoms with E-state index in [0.29, 0.717) is 11.4 Å². The number of nitrogens with two attached hydrogens (primary N) is 1. The van der Waals surface area contributed by atoms with E-state index in [0.717, 1.165) is 0 Å². The van der Waals surface area contributed by atoms with Crippen LogP contribution < -0.4 is 11.1 Å². The Morgan fingerprint density at radius 3 is 2.58 bits per heavy atom. The predicted molar refractivity (Wildman–Crippen MR) is 77.0 cm³/mol. The molecule has 0 aliphatic heterocycles. The third-order valence-electron chi connectivity index (χ3n) is 2.40. The molecule has 0 bridgehead atoms. The van der Waals surface area contributed by atoms with Crippen LogP contribution in [-0.2, 0) is 0 Å². The van der Waals surface area contributed by atoms with E-state index in [2.05, 4.69) is 5.32 Å². The van der Waals surface area contributed by atoms with Crippen molar-refractivity contribution in [2.75, 3.05) is 5.32 Å². The zero-order chi connectivity index (χ0) is 14.0. The first kappa shape index (κ1) is 13.7. The first-order valence-corrected chi connectivity index (χ1v) is 6.07. The Labute approximate surface area is 119 Å². The lowest BCUT2D eigenvalue weighted by Crippen LogP contribution is -2.14. The minimum absolute atomic E-state index is 0.0805. The van der Waals surface area contributed by atoms with Gasteiger partial charge in [-0.3, -0.25) is 0 Å². The van der Waals surface area contributed by atoms with E-state index in [1.165, 1.54) is 30.3 Å². The highest BCUT2D eigenvalue weighted by molar-refractivity contribution is 7.80. The Morgan fingerprint density at radius 1 is 1.21 bits per heavy atom. The molecule has 2 rings (SSSR count). The lowest BCUT2D eigenvalue weighted by atomic mass is 10.1. The minimum atomic E-state index is -0.542. The number of benzene rings is 2. The molecule has 2 aromatic rings. The van der Waals surface area contributed by atoms with E-state index in [1.807, 2.05) is 0 Å². The minimum Gasteiger partial charge on any atom is -0.389 e. The van der Waals surface area contributed by atoms with Gasteiger partial charge in [-0.05, 0) is 30.3 Å². The Kier molecular flexibility index (Phi) is 3.97. The van der Waals surface area contributed by atoms with Crippen molar-refractivity contribution in [1.82, 2.24) is 0 Å². The number of hydrogen-bond donors (Lipinski definition) is 2. The van der Waals surface area contributed by atoms with Gasteiger partial charge in [-0.2, -0.15) is 0 Å². The van der Waals surface area contributed by atoms with Gasteiger partial charge >= 0.3 is 0 Å². The van der Waals surface area contributed by atoms with Crippen LogP contribution in [0.3, 0.4) is 0 Å². The number of rotatable bonds is 3. The van der Waals surface area contributed by atoms with E-state index in [-0.39, 0.29) is 15.6 Å². The van der Waals surface area contributed by atoms with Gasteiger partial charge in [-0.15, -0.1) is 0 Å². The van der Waals surface area contributed by atoms with Crippen LogP contribution >= 0.6 is 23.8 Å². The third-order valence-corrected chi connectivity index (χ3v) is 2.82. The van der Waals surface area contributed by atoms with E-state index in [9.17, 15) is 8.78 Å². The number of hydrogen-bond acceptors (Lipinski definition) is 2. The summed E-state index contributed by atoms with van der Waals surface area (Å²) in [5.74, 6) is -1.04. The van der Waals surface area contributed by atoms with E-state index in [1.54, 1.807) is 6.07 Å². The van der Waals surface area contributed by atoms with E-state index in [4.69, 9.17) is 29.6 Å². The zero-order valence-electron chi connectivity index (χ0n) is 9.58. The van der Waals surface area contributed by atoms with Gasteiger partial charge in [-0.1, -0.05) is 29.9 Å². The van der Waals surface area contributed by atoms with Crippen molar-refractivity contribution in [3.63, 3.8) is 0 Å². The average molecular weight is 299 g/mol. The van der Waals surface area contributed by atoms with Crippen LogP contribution in [0.15, 0.2) is 36.4 Å². The van der Waals surface area contributed by atoms with Crippen LogP contribution in [-0.4, -0.2) is 4.99 Å². The molecule has 0 amide bonds. The lowest BCUT2D eigenvalue weighted by molar-refractivity contribution is 0.626. The molecule has 0 aliphatic carbocycles. The number of thiocarbonyl (C=S) groups is 1. The highest BCUT2D eigenvalue weighted by Gasteiger charge is 2.11. The van der Waals surface area contributed by atoms with Gasteiger partial charge in [0.05, 0.1) is 11.3 Å². The van der Waals surface area contributed by atoms with Crippen molar-refractivity contribution in [2.45, 2.75) is 0 Å². The summed E-state index contributed by atoms with van der Waals surface area (Å²) in [4.78, 5) is -0.0805. The van der Waals surface area contributed by atoms with Gasteiger partial charge < -0.3 is 11.1 Å². The summed E-state index contributed by atoms with van der Waals surface area (Å²) in [5.41, 5.74) is 6.30. The fraction of sp³-hybridized carbons (Fsp3) is 0. The SMILES string of the molecule is NC(=S)c1c(F)cccc1Nc1cc(F)cc(Cl)c1.